The maximum atomic E-state index is 13.2. The Bertz CT molecular complexity index is 835. The van der Waals surface area contributed by atoms with Gasteiger partial charge in [-0.15, -0.1) is 11.3 Å². The second kappa shape index (κ2) is 7.27. The molecule has 0 unspecified atom stereocenters. The van der Waals surface area contributed by atoms with Crippen LogP contribution in [0.15, 0.2) is 66.3 Å². The molecular formula is C19H17FN2OS. The van der Waals surface area contributed by atoms with E-state index in [1.807, 2.05) is 47.6 Å². The molecular weight excluding hydrogens is 323 g/mol. The summed E-state index contributed by atoms with van der Waals surface area (Å²) in [5, 5.41) is 1.97. The van der Waals surface area contributed by atoms with Gasteiger partial charge in [-0.25, -0.2) is 4.39 Å². The van der Waals surface area contributed by atoms with Crippen molar-refractivity contribution >= 4 is 29.0 Å². The van der Waals surface area contributed by atoms with Gasteiger partial charge in [0.2, 0.25) is 0 Å². The van der Waals surface area contributed by atoms with Gasteiger partial charge in [-0.1, -0.05) is 6.07 Å². The van der Waals surface area contributed by atoms with E-state index in [9.17, 15) is 9.18 Å². The third-order valence-corrected chi connectivity index (χ3v) is 4.43. The number of thiophene rings is 1. The van der Waals surface area contributed by atoms with Gasteiger partial charge in [-0.3, -0.25) is 4.79 Å². The first-order chi connectivity index (χ1) is 11.6. The molecule has 0 radical (unpaired) electrons. The number of hydrogen-bond donors (Lipinski definition) is 0. The molecule has 0 fully saturated rings. The van der Waals surface area contributed by atoms with Crippen molar-refractivity contribution in [2.75, 3.05) is 4.90 Å². The molecule has 0 atom stereocenters. The zero-order valence-electron chi connectivity index (χ0n) is 13.2. The van der Waals surface area contributed by atoms with Gasteiger partial charge in [-0.2, -0.15) is 0 Å². The first-order valence-electron chi connectivity index (χ1n) is 7.51. The molecule has 2 heterocycles. The summed E-state index contributed by atoms with van der Waals surface area (Å²) in [6, 6.07) is 11.8. The number of carbonyl (C=O) groups excluding carboxylic acids is 1. The molecule has 0 spiro atoms. The number of benzene rings is 1. The molecule has 3 aromatic rings. The number of anilines is 1. The molecule has 3 nitrogen and oxygen atoms in total. The van der Waals surface area contributed by atoms with Crippen molar-refractivity contribution in [2.24, 2.45) is 7.05 Å². The van der Waals surface area contributed by atoms with Crippen LogP contribution in [0.1, 0.15) is 10.4 Å². The monoisotopic (exact) mass is 340 g/mol. The van der Waals surface area contributed by atoms with Crippen LogP contribution >= 0.6 is 11.3 Å². The lowest BCUT2D eigenvalue weighted by Gasteiger charge is -2.20. The van der Waals surface area contributed by atoms with Crippen LogP contribution in [-0.2, 0) is 18.4 Å². The second-order valence-corrected chi connectivity index (χ2v) is 6.46. The molecule has 0 aliphatic rings. The number of hydrogen-bond acceptors (Lipinski definition) is 2. The van der Waals surface area contributed by atoms with Crippen LogP contribution in [0.3, 0.4) is 0 Å². The predicted octanol–water partition coefficient (Wildman–Crippen LogP) is 4.47. The van der Waals surface area contributed by atoms with Gasteiger partial charge >= 0.3 is 0 Å². The lowest BCUT2D eigenvalue weighted by Crippen LogP contribution is -2.28. The number of aromatic nitrogens is 1. The minimum Gasteiger partial charge on any atom is -0.357 e. The smallest absolute Gasteiger partial charge is 0.251 e. The average Bonchev–Trinajstić information content (AvgIpc) is 3.23. The van der Waals surface area contributed by atoms with Crippen molar-refractivity contribution in [1.29, 1.82) is 0 Å². The Morgan fingerprint density at radius 2 is 2.04 bits per heavy atom. The van der Waals surface area contributed by atoms with Crippen molar-refractivity contribution in [3.05, 3.63) is 82.6 Å². The Morgan fingerprint density at radius 1 is 1.25 bits per heavy atom. The lowest BCUT2D eigenvalue weighted by molar-refractivity contribution is -0.114. The zero-order valence-corrected chi connectivity index (χ0v) is 14.0. The summed E-state index contributed by atoms with van der Waals surface area (Å²) in [4.78, 5) is 15.4. The van der Waals surface area contributed by atoms with Gasteiger partial charge in [0.05, 0.1) is 6.54 Å². The van der Waals surface area contributed by atoms with Gasteiger partial charge in [-0.05, 0) is 53.4 Å². The number of nitrogens with zero attached hydrogens (tertiary/aromatic N) is 2. The van der Waals surface area contributed by atoms with Crippen molar-refractivity contribution in [3.8, 4) is 0 Å². The van der Waals surface area contributed by atoms with E-state index in [-0.39, 0.29) is 11.7 Å². The van der Waals surface area contributed by atoms with Crippen LogP contribution in [0.5, 0.6) is 0 Å². The third-order valence-electron chi connectivity index (χ3n) is 3.57. The van der Waals surface area contributed by atoms with E-state index in [4.69, 9.17) is 0 Å². The predicted molar refractivity (Wildman–Crippen MR) is 96.4 cm³/mol. The summed E-state index contributed by atoms with van der Waals surface area (Å²) < 4.78 is 15.1. The van der Waals surface area contributed by atoms with E-state index in [0.717, 1.165) is 10.4 Å². The Hall–Kier alpha value is -2.66. The molecule has 0 saturated heterocycles. The number of halogens is 1. The number of aryl methyl sites for hydroxylation is 1. The summed E-state index contributed by atoms with van der Waals surface area (Å²) >= 11 is 1.59. The van der Waals surface area contributed by atoms with E-state index < -0.39 is 0 Å². The molecule has 0 saturated carbocycles. The molecule has 0 aliphatic carbocycles. The third kappa shape index (κ3) is 4.00. The summed E-state index contributed by atoms with van der Waals surface area (Å²) in [6.07, 6.45) is 7.19. The molecule has 5 heteroatoms. The van der Waals surface area contributed by atoms with Crippen LogP contribution in [0, 0.1) is 5.82 Å². The highest BCUT2D eigenvalue weighted by Crippen LogP contribution is 2.21. The van der Waals surface area contributed by atoms with Crippen LogP contribution in [-0.4, -0.2) is 10.5 Å². The summed E-state index contributed by atoms with van der Waals surface area (Å²) in [5.74, 6) is -0.457. The standard InChI is InChI=1S/C19H17FN2OS/c1-21-11-10-15(13-21)4-9-19(23)22(14-18-3-2-12-24-18)17-7-5-16(20)6-8-17/h2-13H,14H2,1H3/b9-4+. The van der Waals surface area contributed by atoms with Gasteiger partial charge in [0.25, 0.3) is 5.91 Å². The van der Waals surface area contributed by atoms with E-state index in [1.165, 1.54) is 12.1 Å². The number of amides is 1. The normalized spacial score (nSPS) is 11.1. The summed E-state index contributed by atoms with van der Waals surface area (Å²) in [6.45, 7) is 0.460. The first-order valence-corrected chi connectivity index (χ1v) is 8.39. The molecule has 0 bridgehead atoms. The quantitative estimate of drug-likeness (QED) is 0.629. The van der Waals surface area contributed by atoms with Gasteiger partial charge in [0, 0.05) is 36.1 Å². The highest BCUT2D eigenvalue weighted by Gasteiger charge is 2.14. The average molecular weight is 340 g/mol. The molecule has 122 valence electrons. The molecule has 0 N–H and O–H groups in total. The minimum absolute atomic E-state index is 0.140. The Morgan fingerprint density at radius 3 is 2.67 bits per heavy atom. The van der Waals surface area contributed by atoms with E-state index in [1.54, 1.807) is 40.5 Å². The van der Waals surface area contributed by atoms with E-state index >= 15 is 0 Å². The van der Waals surface area contributed by atoms with Gasteiger partial charge < -0.3 is 9.47 Å². The summed E-state index contributed by atoms with van der Waals surface area (Å²) in [7, 11) is 1.93. The molecule has 24 heavy (non-hydrogen) atoms. The minimum atomic E-state index is -0.317. The second-order valence-electron chi connectivity index (χ2n) is 5.42. The largest absolute Gasteiger partial charge is 0.357 e. The van der Waals surface area contributed by atoms with Crippen molar-refractivity contribution in [1.82, 2.24) is 4.57 Å². The Labute approximate surface area is 144 Å². The van der Waals surface area contributed by atoms with E-state index in [2.05, 4.69) is 0 Å². The first kappa shape index (κ1) is 16.2. The van der Waals surface area contributed by atoms with Crippen LogP contribution in [0.2, 0.25) is 0 Å². The molecule has 2 aromatic heterocycles. The fourth-order valence-corrected chi connectivity index (χ4v) is 3.05. The van der Waals surface area contributed by atoms with Crippen LogP contribution in [0.25, 0.3) is 6.08 Å². The van der Waals surface area contributed by atoms with Gasteiger partial charge in [0.15, 0.2) is 0 Å². The maximum absolute atomic E-state index is 13.2. The van der Waals surface area contributed by atoms with Crippen LogP contribution in [0.4, 0.5) is 10.1 Å². The lowest BCUT2D eigenvalue weighted by atomic mass is 10.2. The number of rotatable bonds is 5. The highest BCUT2D eigenvalue weighted by molar-refractivity contribution is 7.09. The highest BCUT2D eigenvalue weighted by atomic mass is 32.1. The molecule has 3 rings (SSSR count). The summed E-state index contributed by atoms with van der Waals surface area (Å²) in [5.41, 5.74) is 1.63. The topological polar surface area (TPSA) is 25.2 Å². The Balaban J connectivity index is 1.84. The zero-order chi connectivity index (χ0) is 16.9. The van der Waals surface area contributed by atoms with Crippen LogP contribution < -0.4 is 4.90 Å². The van der Waals surface area contributed by atoms with E-state index in [0.29, 0.717) is 12.2 Å². The SMILES string of the molecule is Cn1ccc(/C=C/C(=O)N(Cc2cccs2)c2ccc(F)cc2)c1. The molecule has 0 aliphatic heterocycles. The fourth-order valence-electron chi connectivity index (χ4n) is 2.36. The molecule has 1 aromatic carbocycles. The fraction of sp³-hybridized carbons (Fsp3) is 0.105. The Kier molecular flexibility index (Phi) is 4.91. The van der Waals surface area contributed by atoms with Gasteiger partial charge in [0.1, 0.15) is 5.82 Å². The molecule has 1 amide bonds. The van der Waals surface area contributed by atoms with Crippen molar-refractivity contribution in [3.63, 3.8) is 0 Å². The maximum Gasteiger partial charge on any atom is 0.251 e. The van der Waals surface area contributed by atoms with Crippen molar-refractivity contribution < 1.29 is 9.18 Å². The number of carbonyl (C=O) groups is 1. The van der Waals surface area contributed by atoms with Crippen molar-refractivity contribution in [2.45, 2.75) is 6.54 Å².